The highest BCUT2D eigenvalue weighted by Gasteiger charge is 2.26. The number of benzene rings is 1. The van der Waals surface area contributed by atoms with Gasteiger partial charge in [-0.1, -0.05) is 11.6 Å². The molecule has 0 amide bonds. The molecule has 0 aromatic heterocycles. The molecule has 104 valence electrons. The van der Waals surface area contributed by atoms with E-state index in [0.717, 1.165) is 17.5 Å². The SMILES string of the molecule is [C-]#[N+]C(C(=O)OCC)=C1CCc2cc(Cl)c(OC)cc21. The van der Waals surface area contributed by atoms with Gasteiger partial charge in [-0.15, -0.1) is 0 Å². The van der Waals surface area contributed by atoms with E-state index in [0.29, 0.717) is 22.8 Å². The summed E-state index contributed by atoms with van der Waals surface area (Å²) in [6.45, 7) is 9.19. The van der Waals surface area contributed by atoms with Gasteiger partial charge in [-0.2, -0.15) is 0 Å². The van der Waals surface area contributed by atoms with E-state index in [4.69, 9.17) is 27.6 Å². The van der Waals surface area contributed by atoms with Gasteiger partial charge in [0.2, 0.25) is 0 Å². The first kappa shape index (κ1) is 14.4. The van der Waals surface area contributed by atoms with Gasteiger partial charge in [0.05, 0.1) is 25.3 Å². The molecule has 0 atom stereocenters. The maximum atomic E-state index is 11.8. The lowest BCUT2D eigenvalue weighted by Gasteiger charge is -2.09. The van der Waals surface area contributed by atoms with Crippen LogP contribution in [0.4, 0.5) is 0 Å². The molecule has 0 unspecified atom stereocenters. The molecule has 1 aromatic carbocycles. The van der Waals surface area contributed by atoms with Crippen molar-refractivity contribution in [3.8, 4) is 5.75 Å². The highest BCUT2D eigenvalue weighted by atomic mass is 35.5. The summed E-state index contributed by atoms with van der Waals surface area (Å²) in [6.07, 6.45) is 1.39. The Bertz CT molecular complexity index is 629. The van der Waals surface area contributed by atoms with E-state index < -0.39 is 5.97 Å². The quantitative estimate of drug-likeness (QED) is 0.486. The number of carbonyl (C=O) groups excluding carboxylic acids is 1. The summed E-state index contributed by atoms with van der Waals surface area (Å²) in [5, 5.41) is 0.535. The van der Waals surface area contributed by atoms with Crippen LogP contribution in [0.1, 0.15) is 24.5 Å². The normalized spacial score (nSPS) is 15.3. The second-order valence-corrected chi connectivity index (χ2v) is 4.71. The smallest absolute Gasteiger partial charge is 0.336 e. The number of nitrogens with zero attached hydrogens (tertiary/aromatic N) is 1. The van der Waals surface area contributed by atoms with Crippen LogP contribution < -0.4 is 4.74 Å². The van der Waals surface area contributed by atoms with Crippen molar-refractivity contribution in [3.63, 3.8) is 0 Å². The van der Waals surface area contributed by atoms with Gasteiger partial charge in [0.25, 0.3) is 5.70 Å². The molecule has 1 aromatic rings. The van der Waals surface area contributed by atoms with Gasteiger partial charge >= 0.3 is 5.97 Å². The molecule has 0 aliphatic heterocycles. The topological polar surface area (TPSA) is 39.9 Å². The molecule has 4 nitrogen and oxygen atoms in total. The van der Waals surface area contributed by atoms with Crippen molar-refractivity contribution in [2.45, 2.75) is 19.8 Å². The lowest BCUT2D eigenvalue weighted by Crippen LogP contribution is -2.07. The molecule has 0 fully saturated rings. The second kappa shape index (κ2) is 5.98. The highest BCUT2D eigenvalue weighted by Crippen LogP contribution is 2.40. The molecule has 5 heteroatoms. The summed E-state index contributed by atoms with van der Waals surface area (Å²) in [5.74, 6) is -0.0303. The third-order valence-electron chi connectivity index (χ3n) is 3.21. The van der Waals surface area contributed by atoms with Crippen molar-refractivity contribution in [2.24, 2.45) is 0 Å². The van der Waals surface area contributed by atoms with Crippen LogP contribution in [0.15, 0.2) is 17.8 Å². The fraction of sp³-hybridized carbons (Fsp3) is 0.333. The average molecular weight is 292 g/mol. The summed E-state index contributed by atoms with van der Waals surface area (Å²) in [5.41, 5.74) is 2.64. The first-order chi connectivity index (χ1) is 9.62. The molecular formula is C15H14ClNO3. The molecule has 0 spiro atoms. The third-order valence-corrected chi connectivity index (χ3v) is 3.51. The molecule has 1 aliphatic carbocycles. The number of hydrogen-bond donors (Lipinski definition) is 0. The molecular weight excluding hydrogens is 278 g/mol. The maximum Gasteiger partial charge on any atom is 0.336 e. The summed E-state index contributed by atoms with van der Waals surface area (Å²) >= 11 is 6.09. The Kier molecular flexibility index (Phi) is 4.31. The summed E-state index contributed by atoms with van der Waals surface area (Å²) in [6, 6.07) is 3.61. The fourth-order valence-corrected chi connectivity index (χ4v) is 2.58. The van der Waals surface area contributed by atoms with Gasteiger partial charge in [-0.05, 0) is 48.6 Å². The van der Waals surface area contributed by atoms with Crippen molar-refractivity contribution in [1.29, 1.82) is 0 Å². The number of ether oxygens (including phenoxy) is 2. The van der Waals surface area contributed by atoms with E-state index in [9.17, 15) is 4.79 Å². The predicted molar refractivity (Wildman–Crippen MR) is 76.5 cm³/mol. The first-order valence-corrected chi connectivity index (χ1v) is 6.64. The molecule has 0 bridgehead atoms. The summed E-state index contributed by atoms with van der Waals surface area (Å²) in [7, 11) is 1.53. The van der Waals surface area contributed by atoms with Gasteiger partial charge in [-0.25, -0.2) is 4.85 Å². The first-order valence-electron chi connectivity index (χ1n) is 6.26. The van der Waals surface area contributed by atoms with E-state index >= 15 is 0 Å². The van der Waals surface area contributed by atoms with Crippen LogP contribution in [-0.2, 0) is 16.0 Å². The minimum Gasteiger partial charge on any atom is -0.495 e. The van der Waals surface area contributed by atoms with E-state index in [2.05, 4.69) is 4.85 Å². The van der Waals surface area contributed by atoms with Crippen LogP contribution in [0.25, 0.3) is 10.4 Å². The number of carbonyl (C=O) groups is 1. The highest BCUT2D eigenvalue weighted by molar-refractivity contribution is 6.32. The molecule has 0 N–H and O–H groups in total. The lowest BCUT2D eigenvalue weighted by atomic mass is 10.0. The molecule has 20 heavy (non-hydrogen) atoms. The Hall–Kier alpha value is -1.99. The number of aryl methyl sites for hydroxylation is 1. The van der Waals surface area contributed by atoms with Gasteiger partial charge < -0.3 is 9.47 Å². The zero-order valence-electron chi connectivity index (χ0n) is 11.3. The van der Waals surface area contributed by atoms with Crippen molar-refractivity contribution < 1.29 is 14.3 Å². The molecule has 0 heterocycles. The fourth-order valence-electron chi connectivity index (χ4n) is 2.31. The molecule has 0 saturated carbocycles. The van der Waals surface area contributed by atoms with Crippen molar-refractivity contribution in [2.75, 3.05) is 13.7 Å². The largest absolute Gasteiger partial charge is 0.495 e. The van der Waals surface area contributed by atoms with Crippen LogP contribution in [0, 0.1) is 6.57 Å². The van der Waals surface area contributed by atoms with Gasteiger partial charge in [0.15, 0.2) is 0 Å². The van der Waals surface area contributed by atoms with Crippen molar-refractivity contribution >= 4 is 23.1 Å². The summed E-state index contributed by atoms with van der Waals surface area (Å²) < 4.78 is 10.1. The van der Waals surface area contributed by atoms with E-state index in [1.54, 1.807) is 13.0 Å². The van der Waals surface area contributed by atoms with Crippen molar-refractivity contribution in [1.82, 2.24) is 0 Å². The second-order valence-electron chi connectivity index (χ2n) is 4.30. The third kappa shape index (κ3) is 2.50. The minimum atomic E-state index is -0.570. The lowest BCUT2D eigenvalue weighted by molar-refractivity contribution is -0.138. The molecule has 1 aliphatic rings. The Morgan fingerprint density at radius 2 is 2.20 bits per heavy atom. The molecule has 0 radical (unpaired) electrons. The molecule has 0 saturated heterocycles. The van der Waals surface area contributed by atoms with E-state index in [1.807, 2.05) is 6.07 Å². The summed E-state index contributed by atoms with van der Waals surface area (Å²) in [4.78, 5) is 15.2. The minimum absolute atomic E-state index is 0.0509. The van der Waals surface area contributed by atoms with Gasteiger partial charge in [-0.3, -0.25) is 4.79 Å². The van der Waals surface area contributed by atoms with E-state index in [-0.39, 0.29) is 12.3 Å². The zero-order chi connectivity index (χ0) is 14.7. The number of allylic oxidation sites excluding steroid dienone is 1. The van der Waals surface area contributed by atoms with Crippen LogP contribution in [0.5, 0.6) is 5.75 Å². The van der Waals surface area contributed by atoms with Gasteiger partial charge in [0, 0.05) is 0 Å². The number of hydrogen-bond acceptors (Lipinski definition) is 3. The van der Waals surface area contributed by atoms with E-state index in [1.165, 1.54) is 7.11 Å². The average Bonchev–Trinajstić information content (AvgIpc) is 2.82. The Morgan fingerprint density at radius 3 is 2.80 bits per heavy atom. The molecule has 2 rings (SSSR count). The maximum absolute atomic E-state index is 11.8. The number of fused-ring (bicyclic) bond motifs is 1. The van der Waals surface area contributed by atoms with Crippen molar-refractivity contribution in [3.05, 3.63) is 45.4 Å². The van der Waals surface area contributed by atoms with Crippen LogP contribution in [-0.4, -0.2) is 19.7 Å². The monoisotopic (exact) mass is 291 g/mol. The number of halogens is 1. The van der Waals surface area contributed by atoms with Crippen LogP contribution in [0.2, 0.25) is 5.02 Å². The number of methoxy groups -OCH3 is 1. The Morgan fingerprint density at radius 1 is 1.45 bits per heavy atom. The van der Waals surface area contributed by atoms with Crippen LogP contribution >= 0.6 is 11.6 Å². The Labute approximate surface area is 122 Å². The van der Waals surface area contributed by atoms with Gasteiger partial charge in [0.1, 0.15) is 5.75 Å². The predicted octanol–water partition coefficient (Wildman–Crippen LogP) is 3.49. The Balaban J connectivity index is 2.54. The number of rotatable bonds is 3. The van der Waals surface area contributed by atoms with Crippen LogP contribution in [0.3, 0.4) is 0 Å². The zero-order valence-corrected chi connectivity index (χ0v) is 12.1. The number of esters is 1. The standard InChI is InChI=1S/C15H14ClNO3/c1-4-20-15(18)14(17-2)10-6-5-9-7-12(16)13(19-3)8-11(9)10/h7-8H,4-6H2,1,3H3.